The number of carbonyl (C=O) groups is 1. The van der Waals surface area contributed by atoms with Crippen molar-refractivity contribution in [2.24, 2.45) is 0 Å². The summed E-state index contributed by atoms with van der Waals surface area (Å²) in [6.45, 7) is 6.74. The Hall–Kier alpha value is -3.82. The fourth-order valence-electron chi connectivity index (χ4n) is 2.82. The van der Waals surface area contributed by atoms with Gasteiger partial charge in [-0.1, -0.05) is 6.07 Å². The van der Waals surface area contributed by atoms with E-state index in [9.17, 15) is 14.9 Å². The molecule has 0 radical (unpaired) electrons. The fraction of sp³-hybridized carbons (Fsp3) is 0.263. The largest absolute Gasteiger partial charge is 0.483 e. The number of benzene rings is 1. The third kappa shape index (κ3) is 4.54. The Labute approximate surface area is 166 Å². The molecule has 10 nitrogen and oxygen atoms in total. The molecule has 0 fully saturated rings. The normalized spacial score (nSPS) is 10.6. The van der Waals surface area contributed by atoms with Gasteiger partial charge in [0.2, 0.25) is 0 Å². The van der Waals surface area contributed by atoms with Crippen LogP contribution in [-0.2, 0) is 4.79 Å². The van der Waals surface area contributed by atoms with Gasteiger partial charge in [-0.15, -0.1) is 0 Å². The maximum atomic E-state index is 12.4. The summed E-state index contributed by atoms with van der Waals surface area (Å²) in [4.78, 5) is 31.6. The van der Waals surface area contributed by atoms with Crippen molar-refractivity contribution in [1.82, 2.24) is 19.7 Å². The van der Waals surface area contributed by atoms with Crippen molar-refractivity contribution in [2.45, 2.75) is 27.7 Å². The Morgan fingerprint density at radius 1 is 1.14 bits per heavy atom. The zero-order chi connectivity index (χ0) is 21.1. The zero-order valence-electron chi connectivity index (χ0n) is 16.5. The second-order valence-corrected chi connectivity index (χ2v) is 6.53. The molecule has 0 atom stereocenters. The van der Waals surface area contributed by atoms with Crippen LogP contribution < -0.4 is 10.1 Å². The summed E-state index contributed by atoms with van der Waals surface area (Å²) in [5, 5.41) is 18.1. The topological polar surface area (TPSA) is 125 Å². The van der Waals surface area contributed by atoms with E-state index in [4.69, 9.17) is 4.74 Å². The van der Waals surface area contributed by atoms with Crippen LogP contribution in [0.3, 0.4) is 0 Å². The first-order valence-electron chi connectivity index (χ1n) is 8.80. The number of hydrogen-bond donors (Lipinski definition) is 1. The number of aromatic nitrogens is 4. The van der Waals surface area contributed by atoms with Crippen LogP contribution >= 0.6 is 0 Å². The monoisotopic (exact) mass is 396 g/mol. The van der Waals surface area contributed by atoms with Gasteiger partial charge in [-0.05, 0) is 39.8 Å². The molecule has 0 bridgehead atoms. The van der Waals surface area contributed by atoms with Gasteiger partial charge in [-0.3, -0.25) is 14.9 Å². The van der Waals surface area contributed by atoms with Gasteiger partial charge in [0.15, 0.2) is 6.61 Å². The lowest BCUT2D eigenvalue weighted by atomic mass is 10.2. The summed E-state index contributed by atoms with van der Waals surface area (Å²) in [5.41, 5.74) is 2.53. The van der Waals surface area contributed by atoms with Gasteiger partial charge in [0.1, 0.15) is 11.6 Å². The van der Waals surface area contributed by atoms with Crippen molar-refractivity contribution in [1.29, 1.82) is 0 Å². The van der Waals surface area contributed by atoms with Gasteiger partial charge in [-0.25, -0.2) is 9.97 Å². The first kappa shape index (κ1) is 19.9. The number of hydrogen-bond acceptors (Lipinski definition) is 7. The lowest BCUT2D eigenvalue weighted by Gasteiger charge is -2.11. The molecule has 0 aliphatic carbocycles. The Morgan fingerprint density at radius 2 is 1.83 bits per heavy atom. The number of aryl methyl sites for hydroxylation is 3. The Kier molecular flexibility index (Phi) is 5.53. The summed E-state index contributed by atoms with van der Waals surface area (Å²) in [5.74, 6) is 0.580. The van der Waals surface area contributed by atoms with Gasteiger partial charge in [0, 0.05) is 23.5 Å². The highest BCUT2D eigenvalue weighted by molar-refractivity contribution is 5.91. The first-order valence-corrected chi connectivity index (χ1v) is 8.80. The standard InChI is InChI=1S/C19H20N6O4/c1-11-8-12(2)21-19(20-11)24-17(9-13(3)23-24)22-18(26)10-29-16-7-5-6-15(14(16)4)25(27)28/h5-9H,10H2,1-4H3,(H,22,26). The van der Waals surface area contributed by atoms with Crippen LogP contribution in [0.2, 0.25) is 0 Å². The minimum atomic E-state index is -0.493. The van der Waals surface area contributed by atoms with Gasteiger partial charge in [0.25, 0.3) is 17.5 Å². The molecule has 0 aliphatic heterocycles. The van der Waals surface area contributed by atoms with Crippen LogP contribution in [-0.4, -0.2) is 37.2 Å². The molecule has 0 unspecified atom stereocenters. The van der Waals surface area contributed by atoms with E-state index in [1.54, 1.807) is 26.0 Å². The van der Waals surface area contributed by atoms with Gasteiger partial charge >= 0.3 is 0 Å². The number of nitrogens with zero attached hydrogens (tertiary/aromatic N) is 5. The highest BCUT2D eigenvalue weighted by atomic mass is 16.6. The fourth-order valence-corrected chi connectivity index (χ4v) is 2.82. The predicted molar refractivity (Wildman–Crippen MR) is 105 cm³/mol. The quantitative estimate of drug-likeness (QED) is 0.501. The van der Waals surface area contributed by atoms with Crippen LogP contribution in [0.1, 0.15) is 22.6 Å². The SMILES string of the molecule is Cc1cc(C)nc(-n2nc(C)cc2NC(=O)COc2cccc([N+](=O)[O-])c2C)n1. The number of rotatable bonds is 6. The second-order valence-electron chi connectivity index (χ2n) is 6.53. The molecule has 3 rings (SSSR count). The molecule has 10 heteroatoms. The van der Waals surface area contributed by atoms with Crippen molar-refractivity contribution in [3.63, 3.8) is 0 Å². The van der Waals surface area contributed by atoms with E-state index in [2.05, 4.69) is 20.4 Å². The van der Waals surface area contributed by atoms with E-state index < -0.39 is 10.8 Å². The number of nitro benzene ring substituents is 1. The highest BCUT2D eigenvalue weighted by Gasteiger charge is 2.17. The number of carbonyl (C=O) groups excluding carboxylic acids is 1. The summed E-state index contributed by atoms with van der Waals surface area (Å²) in [7, 11) is 0. The minimum Gasteiger partial charge on any atom is -0.483 e. The van der Waals surface area contributed by atoms with E-state index in [0.717, 1.165) is 11.4 Å². The van der Waals surface area contributed by atoms with Crippen molar-refractivity contribution in [2.75, 3.05) is 11.9 Å². The lowest BCUT2D eigenvalue weighted by molar-refractivity contribution is -0.385. The van der Waals surface area contributed by atoms with Crippen molar-refractivity contribution in [3.05, 3.63) is 63.1 Å². The van der Waals surface area contributed by atoms with Crippen molar-refractivity contribution < 1.29 is 14.5 Å². The van der Waals surface area contributed by atoms with Crippen LogP contribution in [0.4, 0.5) is 11.5 Å². The number of anilines is 1. The summed E-state index contributed by atoms with van der Waals surface area (Å²) >= 11 is 0. The van der Waals surface area contributed by atoms with E-state index in [1.807, 2.05) is 19.9 Å². The second kappa shape index (κ2) is 8.05. The van der Waals surface area contributed by atoms with Crippen LogP contribution in [0.25, 0.3) is 5.95 Å². The van der Waals surface area contributed by atoms with E-state index in [-0.39, 0.29) is 18.0 Å². The maximum Gasteiger partial charge on any atom is 0.276 e. The lowest BCUT2D eigenvalue weighted by Crippen LogP contribution is -2.22. The molecule has 0 saturated carbocycles. The van der Waals surface area contributed by atoms with E-state index in [1.165, 1.54) is 16.8 Å². The molecule has 3 aromatic rings. The molecule has 0 aliphatic rings. The average Bonchev–Trinajstić information content (AvgIpc) is 3.00. The number of ether oxygens (including phenoxy) is 1. The van der Waals surface area contributed by atoms with Gasteiger partial charge in [-0.2, -0.15) is 9.78 Å². The molecule has 1 aromatic carbocycles. The Bertz CT molecular complexity index is 1070. The Morgan fingerprint density at radius 3 is 2.48 bits per heavy atom. The molecule has 2 heterocycles. The molecular weight excluding hydrogens is 376 g/mol. The molecule has 2 aromatic heterocycles. The summed E-state index contributed by atoms with van der Waals surface area (Å²) in [6, 6.07) is 8.00. The average molecular weight is 396 g/mol. The van der Waals surface area contributed by atoms with E-state index in [0.29, 0.717) is 23.0 Å². The van der Waals surface area contributed by atoms with Crippen LogP contribution in [0.15, 0.2) is 30.3 Å². The third-order valence-corrected chi connectivity index (χ3v) is 4.07. The maximum absolute atomic E-state index is 12.4. The smallest absolute Gasteiger partial charge is 0.276 e. The molecular formula is C19H20N6O4. The van der Waals surface area contributed by atoms with E-state index >= 15 is 0 Å². The van der Waals surface area contributed by atoms with Gasteiger partial charge in [0.05, 0.1) is 16.2 Å². The highest BCUT2D eigenvalue weighted by Crippen LogP contribution is 2.27. The number of amides is 1. The molecule has 0 spiro atoms. The Balaban J connectivity index is 1.75. The molecule has 1 N–H and O–H groups in total. The first-order chi connectivity index (χ1) is 13.7. The number of nitro groups is 1. The van der Waals surface area contributed by atoms with Crippen molar-refractivity contribution in [3.8, 4) is 11.7 Å². The zero-order valence-corrected chi connectivity index (χ0v) is 16.5. The molecule has 150 valence electrons. The molecule has 0 saturated heterocycles. The third-order valence-electron chi connectivity index (χ3n) is 4.07. The predicted octanol–water partition coefficient (Wildman–Crippen LogP) is 2.82. The minimum absolute atomic E-state index is 0.0661. The van der Waals surface area contributed by atoms with Crippen LogP contribution in [0.5, 0.6) is 5.75 Å². The van der Waals surface area contributed by atoms with Gasteiger partial charge < -0.3 is 10.1 Å². The summed E-state index contributed by atoms with van der Waals surface area (Å²) < 4.78 is 6.93. The van der Waals surface area contributed by atoms with Crippen molar-refractivity contribution >= 4 is 17.4 Å². The van der Waals surface area contributed by atoms with Crippen LogP contribution in [0, 0.1) is 37.8 Å². The molecule has 1 amide bonds. The molecule has 29 heavy (non-hydrogen) atoms. The number of nitrogens with one attached hydrogen (secondary N) is 1. The summed E-state index contributed by atoms with van der Waals surface area (Å²) in [6.07, 6.45) is 0.